The molecule has 0 saturated carbocycles. The molecule has 100 valence electrons. The largest absolute Gasteiger partial charge is 0.487 e. The number of nitrogens with two attached hydrogens (primary N) is 1. The van der Waals surface area contributed by atoms with Crippen LogP contribution in [0.1, 0.15) is 42.7 Å². The third-order valence-electron chi connectivity index (χ3n) is 3.28. The summed E-state index contributed by atoms with van der Waals surface area (Å²) in [5.41, 5.74) is 8.12. The summed E-state index contributed by atoms with van der Waals surface area (Å²) in [7, 11) is 0. The van der Waals surface area contributed by atoms with Crippen molar-refractivity contribution in [2.75, 3.05) is 0 Å². The molecule has 2 aromatic rings. The maximum atomic E-state index is 6.23. The predicted molar refractivity (Wildman–Crippen MR) is 69.9 cm³/mol. The molecule has 0 amide bonds. The lowest BCUT2D eigenvalue weighted by Crippen LogP contribution is -2.25. The summed E-state index contributed by atoms with van der Waals surface area (Å²) in [6.07, 6.45) is 0.883. The lowest BCUT2D eigenvalue weighted by Gasteiger charge is -2.19. The van der Waals surface area contributed by atoms with E-state index in [1.54, 1.807) is 6.92 Å². The van der Waals surface area contributed by atoms with Gasteiger partial charge in [-0.2, -0.15) is 4.98 Å². The standard InChI is InChI=1S/C14H17N3O2/c1-8-16-13(17-19-8)11(15)10-6-4-5-9-7-14(2,3)18-12(9)10/h4-6,11H,7,15H2,1-3H3. The van der Waals surface area contributed by atoms with Crippen LogP contribution in [0.3, 0.4) is 0 Å². The maximum Gasteiger partial charge on any atom is 0.223 e. The number of rotatable bonds is 2. The molecule has 5 nitrogen and oxygen atoms in total. The number of aromatic nitrogens is 2. The van der Waals surface area contributed by atoms with Gasteiger partial charge in [-0.3, -0.25) is 0 Å². The summed E-state index contributed by atoms with van der Waals surface area (Å²) in [6.45, 7) is 5.89. The SMILES string of the molecule is Cc1nc(C(N)c2cccc3c2OC(C)(C)C3)no1. The first-order chi connectivity index (χ1) is 8.96. The summed E-state index contributed by atoms with van der Waals surface area (Å²) < 4.78 is 11.0. The number of aryl methyl sites for hydroxylation is 1. The van der Waals surface area contributed by atoms with Crippen LogP contribution in [0.25, 0.3) is 0 Å². The van der Waals surface area contributed by atoms with E-state index in [0.29, 0.717) is 11.7 Å². The zero-order chi connectivity index (χ0) is 13.6. The van der Waals surface area contributed by atoms with Gasteiger partial charge in [0.15, 0.2) is 5.82 Å². The molecule has 0 bridgehead atoms. The Hall–Kier alpha value is -1.88. The number of hydrogen-bond acceptors (Lipinski definition) is 5. The van der Waals surface area contributed by atoms with Crippen LogP contribution >= 0.6 is 0 Å². The van der Waals surface area contributed by atoms with Gasteiger partial charge >= 0.3 is 0 Å². The van der Waals surface area contributed by atoms with Gasteiger partial charge in [0.2, 0.25) is 5.89 Å². The summed E-state index contributed by atoms with van der Waals surface area (Å²) in [6, 6.07) is 5.59. The number of ether oxygens (including phenoxy) is 1. The van der Waals surface area contributed by atoms with Crippen molar-refractivity contribution in [1.82, 2.24) is 10.1 Å². The molecular weight excluding hydrogens is 242 g/mol. The Balaban J connectivity index is 2.01. The quantitative estimate of drug-likeness (QED) is 0.894. The molecular formula is C14H17N3O2. The fourth-order valence-corrected chi connectivity index (χ4v) is 2.46. The molecule has 2 N–H and O–H groups in total. The first-order valence-electron chi connectivity index (χ1n) is 6.33. The minimum atomic E-state index is -0.429. The van der Waals surface area contributed by atoms with Crippen LogP contribution in [0, 0.1) is 6.92 Å². The molecule has 1 atom stereocenters. The van der Waals surface area contributed by atoms with E-state index in [4.69, 9.17) is 15.0 Å². The molecule has 3 rings (SSSR count). The van der Waals surface area contributed by atoms with Crippen LogP contribution in [-0.4, -0.2) is 15.7 Å². The number of hydrogen-bond donors (Lipinski definition) is 1. The molecule has 1 aromatic carbocycles. The molecule has 5 heteroatoms. The minimum absolute atomic E-state index is 0.189. The number of para-hydroxylation sites is 1. The van der Waals surface area contributed by atoms with Crippen molar-refractivity contribution < 1.29 is 9.26 Å². The second kappa shape index (κ2) is 4.06. The third kappa shape index (κ3) is 2.10. The van der Waals surface area contributed by atoms with E-state index in [0.717, 1.165) is 17.7 Å². The minimum Gasteiger partial charge on any atom is -0.487 e. The first kappa shape index (κ1) is 12.2. The Labute approximate surface area is 111 Å². The van der Waals surface area contributed by atoms with Gasteiger partial charge in [0.25, 0.3) is 0 Å². The molecule has 19 heavy (non-hydrogen) atoms. The van der Waals surface area contributed by atoms with E-state index < -0.39 is 6.04 Å². The number of nitrogens with zero attached hydrogens (tertiary/aromatic N) is 2. The van der Waals surface area contributed by atoms with E-state index in [-0.39, 0.29) is 5.60 Å². The van der Waals surface area contributed by atoms with E-state index >= 15 is 0 Å². The van der Waals surface area contributed by atoms with Gasteiger partial charge in [0.1, 0.15) is 11.4 Å². The highest BCUT2D eigenvalue weighted by atomic mass is 16.5. The summed E-state index contributed by atoms with van der Waals surface area (Å²) in [5.74, 6) is 1.86. The third-order valence-corrected chi connectivity index (χ3v) is 3.28. The Morgan fingerprint density at radius 2 is 2.16 bits per heavy atom. The molecule has 0 radical (unpaired) electrons. The van der Waals surface area contributed by atoms with Crippen molar-refractivity contribution in [2.24, 2.45) is 5.73 Å². The predicted octanol–water partition coefficient (Wildman–Crippen LogP) is 2.14. The summed E-state index contributed by atoms with van der Waals surface area (Å²) >= 11 is 0. The average molecular weight is 259 g/mol. The lowest BCUT2D eigenvalue weighted by molar-refractivity contribution is 0.137. The van der Waals surface area contributed by atoms with Gasteiger partial charge in [-0.25, -0.2) is 0 Å². The molecule has 1 unspecified atom stereocenters. The van der Waals surface area contributed by atoms with Crippen LogP contribution in [-0.2, 0) is 6.42 Å². The molecule has 1 aliphatic rings. The van der Waals surface area contributed by atoms with Crippen LogP contribution in [0.2, 0.25) is 0 Å². The molecule has 1 aromatic heterocycles. The van der Waals surface area contributed by atoms with Crippen molar-refractivity contribution in [3.63, 3.8) is 0 Å². The van der Waals surface area contributed by atoms with Crippen LogP contribution in [0.5, 0.6) is 5.75 Å². The smallest absolute Gasteiger partial charge is 0.223 e. The molecule has 1 aliphatic heterocycles. The zero-order valence-electron chi connectivity index (χ0n) is 11.3. The Bertz CT molecular complexity index is 619. The monoisotopic (exact) mass is 259 g/mol. The topological polar surface area (TPSA) is 74.2 Å². The van der Waals surface area contributed by atoms with Gasteiger partial charge in [0.05, 0.1) is 6.04 Å². The van der Waals surface area contributed by atoms with Gasteiger partial charge < -0.3 is 15.0 Å². The van der Waals surface area contributed by atoms with E-state index in [1.165, 1.54) is 5.56 Å². The maximum absolute atomic E-state index is 6.23. The van der Waals surface area contributed by atoms with E-state index in [1.807, 2.05) is 12.1 Å². The highest BCUT2D eigenvalue weighted by Crippen LogP contribution is 2.40. The Kier molecular flexibility index (Phi) is 2.60. The number of fused-ring (bicyclic) bond motifs is 1. The normalized spacial score (nSPS) is 17.9. The second-order valence-electron chi connectivity index (χ2n) is 5.52. The van der Waals surface area contributed by atoms with Crippen molar-refractivity contribution in [3.05, 3.63) is 41.0 Å². The molecule has 0 fully saturated rings. The Morgan fingerprint density at radius 3 is 2.84 bits per heavy atom. The van der Waals surface area contributed by atoms with Crippen LogP contribution in [0.4, 0.5) is 0 Å². The van der Waals surface area contributed by atoms with Gasteiger partial charge in [-0.1, -0.05) is 23.4 Å². The lowest BCUT2D eigenvalue weighted by atomic mass is 9.98. The fourth-order valence-electron chi connectivity index (χ4n) is 2.46. The highest BCUT2D eigenvalue weighted by molar-refractivity contribution is 5.48. The average Bonchev–Trinajstić information content (AvgIpc) is 2.89. The molecule has 0 spiro atoms. The molecule has 0 aliphatic carbocycles. The Morgan fingerprint density at radius 1 is 1.37 bits per heavy atom. The summed E-state index contributed by atoms with van der Waals surface area (Å²) in [4.78, 5) is 4.19. The van der Waals surface area contributed by atoms with E-state index in [9.17, 15) is 0 Å². The van der Waals surface area contributed by atoms with Crippen molar-refractivity contribution >= 4 is 0 Å². The zero-order valence-corrected chi connectivity index (χ0v) is 11.3. The molecule has 2 heterocycles. The van der Waals surface area contributed by atoms with Crippen molar-refractivity contribution in [3.8, 4) is 5.75 Å². The van der Waals surface area contributed by atoms with E-state index in [2.05, 4.69) is 30.1 Å². The summed E-state index contributed by atoms with van der Waals surface area (Å²) in [5, 5.41) is 3.89. The fraction of sp³-hybridized carbons (Fsp3) is 0.429. The number of benzene rings is 1. The van der Waals surface area contributed by atoms with Gasteiger partial charge in [-0.15, -0.1) is 0 Å². The van der Waals surface area contributed by atoms with Crippen LogP contribution < -0.4 is 10.5 Å². The second-order valence-corrected chi connectivity index (χ2v) is 5.52. The molecule has 0 saturated heterocycles. The van der Waals surface area contributed by atoms with Crippen LogP contribution in [0.15, 0.2) is 22.7 Å². The van der Waals surface area contributed by atoms with Crippen molar-refractivity contribution in [2.45, 2.75) is 38.8 Å². The van der Waals surface area contributed by atoms with Gasteiger partial charge in [-0.05, 0) is 19.4 Å². The first-order valence-corrected chi connectivity index (χ1v) is 6.33. The van der Waals surface area contributed by atoms with Gasteiger partial charge in [0, 0.05) is 18.9 Å². The van der Waals surface area contributed by atoms with Crippen molar-refractivity contribution in [1.29, 1.82) is 0 Å². The highest BCUT2D eigenvalue weighted by Gasteiger charge is 2.33.